The summed E-state index contributed by atoms with van der Waals surface area (Å²) >= 11 is 3.36. The first-order valence-electron chi connectivity index (χ1n) is 8.13. The van der Waals surface area contributed by atoms with Gasteiger partial charge in [0, 0.05) is 32.6 Å². The molecule has 24 heavy (non-hydrogen) atoms. The third-order valence-electron chi connectivity index (χ3n) is 3.67. The summed E-state index contributed by atoms with van der Waals surface area (Å²) in [7, 11) is 0. The van der Waals surface area contributed by atoms with E-state index in [1.807, 2.05) is 32.6 Å². The normalized spacial score (nSPS) is 15.4. The molecule has 1 aromatic rings. The number of rotatable bonds is 3. The van der Waals surface area contributed by atoms with Crippen molar-refractivity contribution >= 4 is 33.6 Å². The van der Waals surface area contributed by atoms with Crippen LogP contribution in [0.5, 0.6) is 0 Å². The summed E-state index contributed by atoms with van der Waals surface area (Å²) in [6.45, 7) is 10.1. The fraction of sp³-hybridized carbons (Fsp3) is 0.588. The summed E-state index contributed by atoms with van der Waals surface area (Å²) in [5.41, 5.74) is -0.0760. The molecule has 132 valence electrons. The highest BCUT2D eigenvalue weighted by Crippen LogP contribution is 2.22. The number of anilines is 1. The van der Waals surface area contributed by atoms with Crippen LogP contribution in [-0.4, -0.2) is 53.5 Å². The molecule has 7 heteroatoms. The SMILES string of the molecule is CCC(=O)N1CCN(c2cc(C(=O)OC(C)(C)C)cc(Br)n2)CC1. The fourth-order valence-corrected chi connectivity index (χ4v) is 2.94. The molecule has 1 aliphatic heterocycles. The molecule has 1 aromatic heterocycles. The van der Waals surface area contributed by atoms with Gasteiger partial charge in [0.25, 0.3) is 0 Å². The highest BCUT2D eigenvalue weighted by Gasteiger charge is 2.23. The van der Waals surface area contributed by atoms with Gasteiger partial charge in [-0.15, -0.1) is 0 Å². The number of amides is 1. The molecule has 1 aliphatic rings. The van der Waals surface area contributed by atoms with Crippen LogP contribution in [0.3, 0.4) is 0 Å². The quantitative estimate of drug-likeness (QED) is 0.579. The maximum atomic E-state index is 12.3. The molecule has 0 saturated carbocycles. The zero-order chi connectivity index (χ0) is 17.9. The number of hydrogen-bond donors (Lipinski definition) is 0. The predicted molar refractivity (Wildman–Crippen MR) is 96.2 cm³/mol. The Morgan fingerprint density at radius 3 is 2.38 bits per heavy atom. The lowest BCUT2D eigenvalue weighted by Crippen LogP contribution is -2.48. The van der Waals surface area contributed by atoms with Crippen molar-refractivity contribution in [3.63, 3.8) is 0 Å². The second kappa shape index (κ2) is 7.51. The van der Waals surface area contributed by atoms with E-state index >= 15 is 0 Å². The van der Waals surface area contributed by atoms with E-state index in [2.05, 4.69) is 25.8 Å². The number of nitrogens with zero attached hydrogens (tertiary/aromatic N) is 3. The molecule has 0 radical (unpaired) electrons. The number of aromatic nitrogens is 1. The molecule has 0 spiro atoms. The van der Waals surface area contributed by atoms with Crippen molar-refractivity contribution in [3.8, 4) is 0 Å². The van der Waals surface area contributed by atoms with E-state index in [-0.39, 0.29) is 11.9 Å². The van der Waals surface area contributed by atoms with Crippen LogP contribution in [0.2, 0.25) is 0 Å². The van der Waals surface area contributed by atoms with Crippen LogP contribution in [0.1, 0.15) is 44.5 Å². The van der Waals surface area contributed by atoms with Crippen molar-refractivity contribution in [1.82, 2.24) is 9.88 Å². The molecule has 1 fully saturated rings. The average molecular weight is 398 g/mol. The summed E-state index contributed by atoms with van der Waals surface area (Å²) in [6, 6.07) is 3.41. The van der Waals surface area contributed by atoms with Crippen molar-refractivity contribution in [2.75, 3.05) is 31.1 Å². The Hall–Kier alpha value is -1.63. The number of carbonyl (C=O) groups excluding carboxylic acids is 2. The van der Waals surface area contributed by atoms with Crippen LogP contribution < -0.4 is 4.90 Å². The van der Waals surface area contributed by atoms with Crippen LogP contribution in [-0.2, 0) is 9.53 Å². The maximum absolute atomic E-state index is 12.3. The first-order chi connectivity index (χ1) is 11.2. The van der Waals surface area contributed by atoms with Gasteiger partial charge in [0.15, 0.2) is 0 Å². The highest BCUT2D eigenvalue weighted by atomic mass is 79.9. The Balaban J connectivity index is 2.12. The smallest absolute Gasteiger partial charge is 0.338 e. The Morgan fingerprint density at radius 2 is 1.83 bits per heavy atom. The molecule has 0 N–H and O–H groups in total. The number of hydrogen-bond acceptors (Lipinski definition) is 5. The number of carbonyl (C=O) groups is 2. The minimum absolute atomic E-state index is 0.172. The van der Waals surface area contributed by atoms with Crippen molar-refractivity contribution in [1.29, 1.82) is 0 Å². The van der Waals surface area contributed by atoms with Gasteiger partial charge in [-0.2, -0.15) is 0 Å². The Kier molecular flexibility index (Phi) is 5.85. The van der Waals surface area contributed by atoms with Gasteiger partial charge in [-0.25, -0.2) is 9.78 Å². The molecular formula is C17H24BrN3O3. The van der Waals surface area contributed by atoms with E-state index in [9.17, 15) is 9.59 Å². The Bertz CT molecular complexity index is 620. The number of esters is 1. The van der Waals surface area contributed by atoms with Crippen LogP contribution in [0.25, 0.3) is 0 Å². The molecule has 6 nitrogen and oxygen atoms in total. The number of pyridine rings is 1. The summed E-state index contributed by atoms with van der Waals surface area (Å²) < 4.78 is 6.02. The first-order valence-corrected chi connectivity index (χ1v) is 8.92. The fourth-order valence-electron chi connectivity index (χ4n) is 2.51. The third kappa shape index (κ3) is 4.93. The van der Waals surface area contributed by atoms with E-state index < -0.39 is 5.60 Å². The number of halogens is 1. The summed E-state index contributed by atoms with van der Waals surface area (Å²) in [5.74, 6) is 0.520. The summed E-state index contributed by atoms with van der Waals surface area (Å²) in [5, 5.41) is 0. The van der Waals surface area contributed by atoms with Crippen molar-refractivity contribution < 1.29 is 14.3 Å². The largest absolute Gasteiger partial charge is 0.456 e. The van der Waals surface area contributed by atoms with Crippen molar-refractivity contribution in [3.05, 3.63) is 22.3 Å². The van der Waals surface area contributed by atoms with E-state index in [0.717, 1.165) is 0 Å². The van der Waals surface area contributed by atoms with Crippen LogP contribution in [0.4, 0.5) is 5.82 Å². The molecule has 0 aliphatic carbocycles. The molecule has 2 rings (SSSR count). The van der Waals surface area contributed by atoms with Gasteiger partial charge in [-0.1, -0.05) is 6.92 Å². The van der Waals surface area contributed by atoms with E-state index in [4.69, 9.17) is 4.74 Å². The van der Waals surface area contributed by atoms with Gasteiger partial charge in [0.1, 0.15) is 16.0 Å². The second-order valence-corrected chi connectivity index (χ2v) is 7.57. The zero-order valence-electron chi connectivity index (χ0n) is 14.6. The minimum Gasteiger partial charge on any atom is -0.456 e. The van der Waals surface area contributed by atoms with Crippen molar-refractivity contribution in [2.24, 2.45) is 0 Å². The molecule has 0 aromatic carbocycles. The van der Waals surface area contributed by atoms with Gasteiger partial charge < -0.3 is 14.5 Å². The molecule has 0 atom stereocenters. The zero-order valence-corrected chi connectivity index (χ0v) is 16.2. The maximum Gasteiger partial charge on any atom is 0.338 e. The summed E-state index contributed by atoms with van der Waals surface area (Å²) in [6.07, 6.45) is 0.526. The molecule has 1 saturated heterocycles. The van der Waals surface area contributed by atoms with Gasteiger partial charge in [-0.3, -0.25) is 4.79 Å². The van der Waals surface area contributed by atoms with Crippen LogP contribution >= 0.6 is 15.9 Å². The summed E-state index contributed by atoms with van der Waals surface area (Å²) in [4.78, 5) is 32.5. The van der Waals surface area contributed by atoms with Gasteiger partial charge in [0.05, 0.1) is 5.56 Å². The lowest BCUT2D eigenvalue weighted by atomic mass is 10.2. The first kappa shape index (κ1) is 18.7. The molecule has 1 amide bonds. The monoisotopic (exact) mass is 397 g/mol. The van der Waals surface area contributed by atoms with E-state index in [1.54, 1.807) is 12.1 Å². The topological polar surface area (TPSA) is 62.7 Å². The van der Waals surface area contributed by atoms with Gasteiger partial charge in [-0.05, 0) is 48.8 Å². The van der Waals surface area contributed by atoms with Crippen LogP contribution in [0, 0.1) is 0 Å². The number of ether oxygens (including phenoxy) is 1. The molecular weight excluding hydrogens is 374 g/mol. The predicted octanol–water partition coefficient (Wildman–Crippen LogP) is 2.86. The molecule has 0 unspecified atom stereocenters. The van der Waals surface area contributed by atoms with Crippen molar-refractivity contribution in [2.45, 2.75) is 39.7 Å². The lowest BCUT2D eigenvalue weighted by Gasteiger charge is -2.35. The van der Waals surface area contributed by atoms with Gasteiger partial charge >= 0.3 is 5.97 Å². The van der Waals surface area contributed by atoms with Crippen LogP contribution in [0.15, 0.2) is 16.7 Å². The van der Waals surface area contributed by atoms with E-state index in [1.165, 1.54) is 0 Å². The lowest BCUT2D eigenvalue weighted by molar-refractivity contribution is -0.131. The Labute approximate surface area is 151 Å². The second-order valence-electron chi connectivity index (χ2n) is 6.76. The molecule has 2 heterocycles. The third-order valence-corrected chi connectivity index (χ3v) is 4.08. The van der Waals surface area contributed by atoms with E-state index in [0.29, 0.717) is 48.6 Å². The highest BCUT2D eigenvalue weighted by molar-refractivity contribution is 9.10. The van der Waals surface area contributed by atoms with Gasteiger partial charge in [0.2, 0.25) is 5.91 Å². The minimum atomic E-state index is -0.543. The number of piperazine rings is 1. The Morgan fingerprint density at radius 1 is 1.21 bits per heavy atom. The average Bonchev–Trinajstić information content (AvgIpc) is 2.52. The molecule has 0 bridgehead atoms. The standard InChI is InChI=1S/C17H24BrN3O3/c1-5-15(22)21-8-6-20(7-9-21)14-11-12(10-13(18)19-14)16(23)24-17(2,3)4/h10-11H,5-9H2,1-4H3.